The highest BCUT2D eigenvalue weighted by Crippen LogP contribution is 2.50. The first-order valence-corrected chi connectivity index (χ1v) is 7.92. The number of hydrogen-bond acceptors (Lipinski definition) is 3. The zero-order chi connectivity index (χ0) is 14.8. The average Bonchev–Trinajstić information content (AvgIpc) is 2.48. The third-order valence-corrected chi connectivity index (χ3v) is 5.11. The fourth-order valence-electron chi connectivity index (χ4n) is 3.63. The number of amides is 2. The number of likely N-dealkylation sites (tertiary alicyclic amines) is 1. The maximum atomic E-state index is 12.3. The van der Waals surface area contributed by atoms with Crippen molar-refractivity contribution >= 4 is 6.03 Å². The van der Waals surface area contributed by atoms with Gasteiger partial charge in [0.2, 0.25) is 0 Å². The summed E-state index contributed by atoms with van der Waals surface area (Å²) in [6, 6.07) is 0.131. The van der Waals surface area contributed by atoms with Crippen LogP contribution in [0.15, 0.2) is 0 Å². The number of ether oxygens (including phenoxy) is 1. The Labute approximate surface area is 121 Å². The predicted octanol–water partition coefficient (Wildman–Crippen LogP) is 1.70. The van der Waals surface area contributed by atoms with E-state index in [1.165, 1.54) is 0 Å². The number of rotatable bonds is 4. The van der Waals surface area contributed by atoms with E-state index in [0.717, 1.165) is 45.4 Å². The first kappa shape index (κ1) is 15.6. The highest BCUT2D eigenvalue weighted by Gasteiger charge is 2.56. The quantitative estimate of drug-likeness (QED) is 0.855. The standard InChI is InChI=1S/C15H28N2O3/c1-4-16(5-2)14(19)17-9-7-15(8-10-17)12(18)11-13(15)20-6-3/h12-13,18H,4-11H2,1-3H3/t12-,13+/m0/s1. The summed E-state index contributed by atoms with van der Waals surface area (Å²) in [5, 5.41) is 10.2. The Bertz CT molecular complexity index is 334. The highest BCUT2D eigenvalue weighted by atomic mass is 16.5. The molecule has 1 aliphatic heterocycles. The van der Waals surface area contributed by atoms with Crippen LogP contribution in [0.1, 0.15) is 40.0 Å². The molecule has 1 saturated heterocycles. The summed E-state index contributed by atoms with van der Waals surface area (Å²) in [5.41, 5.74) is -0.101. The van der Waals surface area contributed by atoms with Crippen molar-refractivity contribution < 1.29 is 14.6 Å². The minimum Gasteiger partial charge on any atom is -0.392 e. The van der Waals surface area contributed by atoms with Crippen molar-refractivity contribution in [2.24, 2.45) is 5.41 Å². The minimum atomic E-state index is -0.259. The Hall–Kier alpha value is -0.810. The first-order valence-electron chi connectivity index (χ1n) is 7.92. The zero-order valence-electron chi connectivity index (χ0n) is 13.0. The van der Waals surface area contributed by atoms with Gasteiger partial charge in [0.05, 0.1) is 12.2 Å². The summed E-state index contributed by atoms with van der Waals surface area (Å²) >= 11 is 0. The second-order valence-electron chi connectivity index (χ2n) is 5.87. The van der Waals surface area contributed by atoms with Crippen molar-refractivity contribution in [3.05, 3.63) is 0 Å². The minimum absolute atomic E-state index is 0.101. The Morgan fingerprint density at radius 1 is 1.30 bits per heavy atom. The van der Waals surface area contributed by atoms with Crippen LogP contribution in [0.3, 0.4) is 0 Å². The van der Waals surface area contributed by atoms with Gasteiger partial charge in [0, 0.05) is 44.6 Å². The molecule has 1 spiro atoms. The number of aliphatic hydroxyl groups is 1. The van der Waals surface area contributed by atoms with E-state index >= 15 is 0 Å². The molecular weight excluding hydrogens is 256 g/mol. The molecule has 0 aromatic heterocycles. The third kappa shape index (κ3) is 2.53. The summed E-state index contributed by atoms with van der Waals surface area (Å²) in [6.07, 6.45) is 2.37. The Kier molecular flexibility index (Phi) is 4.91. The number of urea groups is 1. The molecular formula is C15H28N2O3. The fraction of sp³-hybridized carbons (Fsp3) is 0.933. The molecule has 5 nitrogen and oxygen atoms in total. The van der Waals surface area contributed by atoms with Gasteiger partial charge >= 0.3 is 6.03 Å². The van der Waals surface area contributed by atoms with Crippen LogP contribution in [-0.2, 0) is 4.74 Å². The molecule has 5 heteroatoms. The SMILES string of the molecule is CCO[C@@H]1C[C@H](O)C12CCN(C(=O)N(CC)CC)CC2. The molecule has 0 aromatic carbocycles. The van der Waals surface area contributed by atoms with Gasteiger partial charge in [-0.15, -0.1) is 0 Å². The lowest BCUT2D eigenvalue weighted by atomic mass is 9.58. The molecule has 1 N–H and O–H groups in total. The molecule has 1 saturated carbocycles. The molecule has 0 bridgehead atoms. The summed E-state index contributed by atoms with van der Waals surface area (Å²) in [7, 11) is 0. The van der Waals surface area contributed by atoms with Gasteiger partial charge in [-0.25, -0.2) is 4.79 Å². The number of hydrogen-bond donors (Lipinski definition) is 1. The van der Waals surface area contributed by atoms with Crippen molar-refractivity contribution in [2.75, 3.05) is 32.8 Å². The van der Waals surface area contributed by atoms with Crippen LogP contribution in [0.2, 0.25) is 0 Å². The van der Waals surface area contributed by atoms with Crippen LogP contribution in [0, 0.1) is 5.41 Å². The summed E-state index contributed by atoms with van der Waals surface area (Å²) in [4.78, 5) is 16.1. The summed E-state index contributed by atoms with van der Waals surface area (Å²) < 4.78 is 5.75. The number of carbonyl (C=O) groups is 1. The topological polar surface area (TPSA) is 53.0 Å². The predicted molar refractivity (Wildman–Crippen MR) is 77.6 cm³/mol. The lowest BCUT2D eigenvalue weighted by Crippen LogP contribution is -2.63. The van der Waals surface area contributed by atoms with E-state index in [-0.39, 0.29) is 23.7 Å². The van der Waals surface area contributed by atoms with E-state index in [0.29, 0.717) is 6.61 Å². The third-order valence-electron chi connectivity index (χ3n) is 5.11. The van der Waals surface area contributed by atoms with E-state index < -0.39 is 0 Å². The van der Waals surface area contributed by atoms with Crippen LogP contribution in [0.25, 0.3) is 0 Å². The van der Waals surface area contributed by atoms with E-state index in [4.69, 9.17) is 4.74 Å². The van der Waals surface area contributed by atoms with Gasteiger partial charge < -0.3 is 19.6 Å². The van der Waals surface area contributed by atoms with E-state index in [1.807, 2.05) is 30.6 Å². The largest absolute Gasteiger partial charge is 0.392 e. The molecule has 20 heavy (non-hydrogen) atoms. The van der Waals surface area contributed by atoms with Crippen molar-refractivity contribution in [3.63, 3.8) is 0 Å². The molecule has 0 aromatic rings. The Balaban J connectivity index is 1.93. The van der Waals surface area contributed by atoms with Crippen LogP contribution in [0.4, 0.5) is 4.79 Å². The lowest BCUT2D eigenvalue weighted by Gasteiger charge is -2.56. The van der Waals surface area contributed by atoms with Gasteiger partial charge in [0.15, 0.2) is 0 Å². The smallest absolute Gasteiger partial charge is 0.319 e. The molecule has 2 atom stereocenters. The van der Waals surface area contributed by atoms with Gasteiger partial charge in [-0.2, -0.15) is 0 Å². The molecule has 2 amide bonds. The molecule has 0 radical (unpaired) electrons. The summed E-state index contributed by atoms with van der Waals surface area (Å²) in [6.45, 7) is 9.67. The number of piperidine rings is 1. The van der Waals surface area contributed by atoms with Crippen LogP contribution in [-0.4, -0.2) is 65.9 Å². The number of aliphatic hydroxyl groups excluding tert-OH is 1. The number of carbonyl (C=O) groups excluding carboxylic acids is 1. The molecule has 2 fully saturated rings. The molecule has 2 aliphatic rings. The molecule has 2 rings (SSSR count). The van der Waals surface area contributed by atoms with E-state index in [1.54, 1.807) is 0 Å². The molecule has 1 heterocycles. The van der Waals surface area contributed by atoms with Crippen molar-refractivity contribution in [1.82, 2.24) is 9.80 Å². The van der Waals surface area contributed by atoms with Gasteiger partial charge in [-0.3, -0.25) is 0 Å². The fourth-order valence-corrected chi connectivity index (χ4v) is 3.63. The lowest BCUT2D eigenvalue weighted by molar-refractivity contribution is -0.207. The normalized spacial score (nSPS) is 28.3. The molecule has 0 unspecified atom stereocenters. The maximum absolute atomic E-state index is 12.3. The number of nitrogens with zero attached hydrogens (tertiary/aromatic N) is 2. The van der Waals surface area contributed by atoms with Crippen LogP contribution < -0.4 is 0 Å². The Morgan fingerprint density at radius 2 is 1.90 bits per heavy atom. The van der Waals surface area contributed by atoms with Gasteiger partial charge in [0.25, 0.3) is 0 Å². The average molecular weight is 284 g/mol. The van der Waals surface area contributed by atoms with Crippen LogP contribution >= 0.6 is 0 Å². The Morgan fingerprint density at radius 3 is 2.35 bits per heavy atom. The van der Waals surface area contributed by atoms with Crippen molar-refractivity contribution in [1.29, 1.82) is 0 Å². The highest BCUT2D eigenvalue weighted by molar-refractivity contribution is 5.74. The molecule has 116 valence electrons. The van der Waals surface area contributed by atoms with Gasteiger partial charge in [-0.05, 0) is 33.6 Å². The maximum Gasteiger partial charge on any atom is 0.319 e. The van der Waals surface area contributed by atoms with Crippen molar-refractivity contribution in [3.8, 4) is 0 Å². The van der Waals surface area contributed by atoms with Crippen LogP contribution in [0.5, 0.6) is 0 Å². The summed E-state index contributed by atoms with van der Waals surface area (Å²) in [5.74, 6) is 0. The van der Waals surface area contributed by atoms with Crippen molar-refractivity contribution in [2.45, 2.75) is 52.2 Å². The van der Waals surface area contributed by atoms with Gasteiger partial charge in [0.1, 0.15) is 0 Å². The first-order chi connectivity index (χ1) is 9.58. The second kappa shape index (κ2) is 6.31. The second-order valence-corrected chi connectivity index (χ2v) is 5.87. The monoisotopic (exact) mass is 284 g/mol. The van der Waals surface area contributed by atoms with E-state index in [9.17, 15) is 9.90 Å². The van der Waals surface area contributed by atoms with Gasteiger partial charge in [-0.1, -0.05) is 0 Å². The van der Waals surface area contributed by atoms with E-state index in [2.05, 4.69) is 0 Å². The zero-order valence-corrected chi connectivity index (χ0v) is 13.0. The molecule has 1 aliphatic carbocycles.